The fraction of sp³-hybridized carbons (Fsp3) is 0.316. The Morgan fingerprint density at radius 2 is 1.92 bits per heavy atom. The zero-order chi connectivity index (χ0) is 16.9. The number of nitrogens with one attached hydrogen (secondary N) is 2. The molecule has 0 aromatic heterocycles. The molecule has 1 aliphatic rings. The SMILES string of the molecule is CC1CC(Nc2cccc(NC(N)=O)c2)CN1Cc1ccccc1. The number of amides is 2. The molecular weight excluding hydrogens is 300 g/mol. The van der Waals surface area contributed by atoms with Crippen LogP contribution < -0.4 is 16.4 Å². The average Bonchev–Trinajstić information content (AvgIpc) is 2.87. The summed E-state index contributed by atoms with van der Waals surface area (Å²) >= 11 is 0. The lowest BCUT2D eigenvalue weighted by Gasteiger charge is -2.21. The van der Waals surface area contributed by atoms with E-state index < -0.39 is 6.03 Å². The van der Waals surface area contributed by atoms with Gasteiger partial charge < -0.3 is 16.4 Å². The molecule has 1 aliphatic heterocycles. The molecule has 126 valence electrons. The summed E-state index contributed by atoms with van der Waals surface area (Å²) < 4.78 is 0. The molecule has 1 heterocycles. The lowest BCUT2D eigenvalue weighted by Crippen LogP contribution is -2.28. The van der Waals surface area contributed by atoms with E-state index in [2.05, 4.69) is 46.7 Å². The van der Waals surface area contributed by atoms with E-state index in [9.17, 15) is 4.79 Å². The van der Waals surface area contributed by atoms with Crippen LogP contribution in [0.1, 0.15) is 18.9 Å². The Balaban J connectivity index is 1.60. The van der Waals surface area contributed by atoms with E-state index in [4.69, 9.17) is 5.73 Å². The number of hydrogen-bond donors (Lipinski definition) is 3. The Hall–Kier alpha value is -2.53. The van der Waals surface area contributed by atoms with Crippen molar-refractivity contribution >= 4 is 17.4 Å². The number of nitrogens with two attached hydrogens (primary N) is 1. The first kappa shape index (κ1) is 16.3. The van der Waals surface area contributed by atoms with Crippen molar-refractivity contribution in [2.24, 2.45) is 5.73 Å². The number of carbonyl (C=O) groups excluding carboxylic acids is 1. The second kappa shape index (κ2) is 7.36. The van der Waals surface area contributed by atoms with E-state index in [0.717, 1.165) is 25.2 Å². The molecule has 0 saturated carbocycles. The zero-order valence-electron chi connectivity index (χ0n) is 13.9. The Labute approximate surface area is 142 Å². The van der Waals surface area contributed by atoms with Gasteiger partial charge in [-0.15, -0.1) is 0 Å². The van der Waals surface area contributed by atoms with Crippen molar-refractivity contribution in [1.82, 2.24) is 4.90 Å². The molecule has 4 N–H and O–H groups in total. The van der Waals surface area contributed by atoms with Crippen molar-refractivity contribution in [3.8, 4) is 0 Å². The molecule has 0 aliphatic carbocycles. The summed E-state index contributed by atoms with van der Waals surface area (Å²) in [5.41, 5.74) is 8.22. The lowest BCUT2D eigenvalue weighted by atomic mass is 10.1. The van der Waals surface area contributed by atoms with Gasteiger partial charge in [-0.1, -0.05) is 36.4 Å². The third-order valence-corrected chi connectivity index (χ3v) is 4.43. The van der Waals surface area contributed by atoms with Gasteiger partial charge in [0.05, 0.1) is 0 Å². The topological polar surface area (TPSA) is 70.4 Å². The third-order valence-electron chi connectivity index (χ3n) is 4.43. The molecule has 1 fully saturated rings. The van der Waals surface area contributed by atoms with Crippen LogP contribution in [0.15, 0.2) is 54.6 Å². The van der Waals surface area contributed by atoms with Gasteiger partial charge in [0.2, 0.25) is 0 Å². The van der Waals surface area contributed by atoms with Gasteiger partial charge >= 0.3 is 6.03 Å². The molecule has 1 saturated heterocycles. The normalized spacial score (nSPS) is 20.7. The molecule has 2 aromatic carbocycles. The summed E-state index contributed by atoms with van der Waals surface area (Å²) in [6.07, 6.45) is 1.10. The quantitative estimate of drug-likeness (QED) is 0.790. The van der Waals surface area contributed by atoms with Crippen molar-refractivity contribution in [3.05, 3.63) is 60.2 Å². The fourth-order valence-corrected chi connectivity index (χ4v) is 3.31. The van der Waals surface area contributed by atoms with Gasteiger partial charge in [0.15, 0.2) is 0 Å². The highest BCUT2D eigenvalue weighted by atomic mass is 16.2. The van der Waals surface area contributed by atoms with Gasteiger partial charge in [-0.25, -0.2) is 4.79 Å². The van der Waals surface area contributed by atoms with Crippen molar-refractivity contribution in [3.63, 3.8) is 0 Å². The van der Waals surface area contributed by atoms with Crippen molar-refractivity contribution < 1.29 is 4.79 Å². The highest BCUT2D eigenvalue weighted by Gasteiger charge is 2.28. The van der Waals surface area contributed by atoms with Crippen LogP contribution in [0.3, 0.4) is 0 Å². The Kier molecular flexibility index (Phi) is 5.01. The number of anilines is 2. The number of nitrogens with zero attached hydrogens (tertiary/aromatic N) is 1. The van der Waals surface area contributed by atoms with Crippen LogP contribution in [-0.2, 0) is 6.54 Å². The maximum absolute atomic E-state index is 11.0. The van der Waals surface area contributed by atoms with Gasteiger partial charge in [-0.3, -0.25) is 4.90 Å². The second-order valence-electron chi connectivity index (χ2n) is 6.41. The van der Waals surface area contributed by atoms with Crippen LogP contribution >= 0.6 is 0 Å². The van der Waals surface area contributed by atoms with Crippen LogP contribution in [0.5, 0.6) is 0 Å². The Morgan fingerprint density at radius 3 is 2.67 bits per heavy atom. The maximum Gasteiger partial charge on any atom is 0.316 e. The van der Waals surface area contributed by atoms with Crippen LogP contribution in [0.4, 0.5) is 16.2 Å². The molecule has 5 nitrogen and oxygen atoms in total. The van der Waals surface area contributed by atoms with Crippen molar-refractivity contribution in [1.29, 1.82) is 0 Å². The van der Waals surface area contributed by atoms with E-state index in [-0.39, 0.29) is 0 Å². The van der Waals surface area contributed by atoms with E-state index >= 15 is 0 Å². The first-order valence-corrected chi connectivity index (χ1v) is 8.31. The van der Waals surface area contributed by atoms with Gasteiger partial charge in [0.25, 0.3) is 0 Å². The first-order chi connectivity index (χ1) is 11.6. The summed E-state index contributed by atoms with van der Waals surface area (Å²) in [5, 5.41) is 6.18. The number of rotatable bonds is 5. The van der Waals surface area contributed by atoms with Gasteiger partial charge in [-0.05, 0) is 37.1 Å². The maximum atomic E-state index is 11.0. The predicted octanol–water partition coefficient (Wildman–Crippen LogP) is 3.25. The summed E-state index contributed by atoms with van der Waals surface area (Å²) in [5.74, 6) is 0. The second-order valence-corrected chi connectivity index (χ2v) is 6.41. The molecule has 5 heteroatoms. The summed E-state index contributed by atoms with van der Waals surface area (Å²) in [4.78, 5) is 13.5. The van der Waals surface area contributed by atoms with Gasteiger partial charge in [-0.2, -0.15) is 0 Å². The minimum Gasteiger partial charge on any atom is -0.381 e. The van der Waals surface area contributed by atoms with E-state index in [1.54, 1.807) is 0 Å². The smallest absolute Gasteiger partial charge is 0.316 e. The summed E-state index contributed by atoms with van der Waals surface area (Å²) in [6.45, 7) is 4.25. The number of hydrogen-bond acceptors (Lipinski definition) is 3. The van der Waals surface area contributed by atoms with Crippen molar-refractivity contribution in [2.75, 3.05) is 17.2 Å². The third kappa shape index (κ3) is 4.26. The highest BCUT2D eigenvalue weighted by Crippen LogP contribution is 2.24. The van der Waals surface area contributed by atoms with E-state index in [1.165, 1.54) is 5.56 Å². The monoisotopic (exact) mass is 324 g/mol. The predicted molar refractivity (Wildman–Crippen MR) is 98.0 cm³/mol. The minimum atomic E-state index is -0.546. The summed E-state index contributed by atoms with van der Waals surface area (Å²) in [7, 11) is 0. The molecule has 2 atom stereocenters. The van der Waals surface area contributed by atoms with Gasteiger partial charge in [0, 0.05) is 36.5 Å². The minimum absolute atomic E-state index is 0.396. The Bertz CT molecular complexity index is 689. The van der Waals surface area contributed by atoms with Crippen LogP contribution in [0, 0.1) is 0 Å². The number of primary amides is 1. The lowest BCUT2D eigenvalue weighted by molar-refractivity contribution is 0.259. The van der Waals surface area contributed by atoms with Crippen LogP contribution in [0.2, 0.25) is 0 Å². The molecule has 2 aromatic rings. The highest BCUT2D eigenvalue weighted by molar-refractivity contribution is 5.88. The molecule has 3 rings (SSSR count). The molecule has 0 bridgehead atoms. The molecule has 2 unspecified atom stereocenters. The van der Waals surface area contributed by atoms with Crippen molar-refractivity contribution in [2.45, 2.75) is 32.0 Å². The number of benzene rings is 2. The largest absolute Gasteiger partial charge is 0.381 e. The zero-order valence-corrected chi connectivity index (χ0v) is 13.9. The molecule has 0 spiro atoms. The van der Waals surface area contributed by atoms with Crippen LogP contribution in [-0.4, -0.2) is 29.6 Å². The number of urea groups is 1. The number of likely N-dealkylation sites (tertiary alicyclic amines) is 1. The fourth-order valence-electron chi connectivity index (χ4n) is 3.31. The molecule has 2 amide bonds. The van der Waals surface area contributed by atoms with E-state index in [0.29, 0.717) is 17.8 Å². The first-order valence-electron chi connectivity index (χ1n) is 8.31. The standard InChI is InChI=1S/C19H24N4O/c1-14-10-18(13-23(14)12-15-6-3-2-4-7-15)21-16-8-5-9-17(11-16)22-19(20)24/h2-9,11,14,18,21H,10,12-13H2,1H3,(H3,20,22,24). The number of carbonyl (C=O) groups is 1. The van der Waals surface area contributed by atoms with Gasteiger partial charge in [0.1, 0.15) is 0 Å². The van der Waals surface area contributed by atoms with Crippen LogP contribution in [0.25, 0.3) is 0 Å². The average molecular weight is 324 g/mol. The Morgan fingerprint density at radius 1 is 1.17 bits per heavy atom. The molecule has 0 radical (unpaired) electrons. The van der Waals surface area contributed by atoms with E-state index in [1.807, 2.05) is 30.3 Å². The molecule has 24 heavy (non-hydrogen) atoms. The molecular formula is C19H24N4O. The summed E-state index contributed by atoms with van der Waals surface area (Å²) in [6, 6.07) is 18.6.